The van der Waals surface area contributed by atoms with Crippen molar-refractivity contribution in [2.24, 2.45) is 13.0 Å². The smallest absolute Gasteiger partial charge is 0.246 e. The Bertz CT molecular complexity index is 762. The first kappa shape index (κ1) is 20.3. The topological polar surface area (TPSA) is 87.5 Å². The van der Waals surface area contributed by atoms with Crippen LogP contribution in [-0.2, 0) is 21.9 Å². The lowest BCUT2D eigenvalue weighted by atomic mass is 9.97. The molecule has 0 unspecified atom stereocenters. The van der Waals surface area contributed by atoms with E-state index in [0.29, 0.717) is 31.6 Å². The lowest BCUT2D eigenvalue weighted by Gasteiger charge is -2.31. The summed E-state index contributed by atoms with van der Waals surface area (Å²) in [5.41, 5.74) is 0.630. The summed E-state index contributed by atoms with van der Waals surface area (Å²) >= 11 is 0. The van der Waals surface area contributed by atoms with E-state index in [4.69, 9.17) is 0 Å². The first-order valence-corrected chi connectivity index (χ1v) is 11.2. The number of nitrogens with zero attached hydrogens (tertiary/aromatic N) is 4. The molecule has 0 radical (unpaired) electrons. The largest absolute Gasteiger partial charge is 0.352 e. The number of hydrogen-bond donors (Lipinski definition) is 1. The van der Waals surface area contributed by atoms with Crippen molar-refractivity contribution >= 4 is 15.9 Å². The second-order valence-electron chi connectivity index (χ2n) is 7.81. The zero-order valence-electron chi connectivity index (χ0n) is 16.5. The first-order valence-electron chi connectivity index (χ1n) is 9.80. The van der Waals surface area contributed by atoms with E-state index in [1.54, 1.807) is 18.7 Å². The van der Waals surface area contributed by atoms with Crippen LogP contribution in [-0.4, -0.2) is 72.1 Å². The SMILES string of the molecule is Cc1c(S(=O)(=O)N2CCC(C(=O)N[C@H](C)CN3CCCC3)CC2)cnn1C. The Morgan fingerprint density at radius 2 is 1.89 bits per heavy atom. The monoisotopic (exact) mass is 397 g/mol. The molecule has 1 amide bonds. The Hall–Kier alpha value is -1.45. The van der Waals surface area contributed by atoms with Gasteiger partial charge in [-0.3, -0.25) is 9.48 Å². The molecule has 152 valence electrons. The van der Waals surface area contributed by atoms with Gasteiger partial charge in [-0.1, -0.05) is 0 Å². The van der Waals surface area contributed by atoms with Gasteiger partial charge in [0.25, 0.3) is 0 Å². The standard InChI is InChI=1S/C18H31N5O3S/c1-14(13-22-8-4-5-9-22)20-18(24)16-6-10-23(11-7-16)27(25,26)17-12-19-21(3)15(17)2/h12,14,16H,4-11,13H2,1-3H3,(H,20,24)/t14-/m1/s1. The Morgan fingerprint density at radius 1 is 1.26 bits per heavy atom. The van der Waals surface area contributed by atoms with Gasteiger partial charge in [0.05, 0.1) is 11.9 Å². The molecule has 1 aromatic rings. The number of carbonyl (C=O) groups excluding carboxylic acids is 1. The highest BCUT2D eigenvalue weighted by Gasteiger charge is 2.34. The summed E-state index contributed by atoms with van der Waals surface area (Å²) in [7, 11) is -1.82. The number of likely N-dealkylation sites (tertiary alicyclic amines) is 1. The average Bonchev–Trinajstić information content (AvgIpc) is 3.25. The molecule has 27 heavy (non-hydrogen) atoms. The third-order valence-corrected chi connectivity index (χ3v) is 7.75. The number of hydrogen-bond acceptors (Lipinski definition) is 5. The molecular formula is C18H31N5O3S. The van der Waals surface area contributed by atoms with Crippen molar-refractivity contribution in [3.63, 3.8) is 0 Å². The Labute approximate surface area is 161 Å². The summed E-state index contributed by atoms with van der Waals surface area (Å²) in [6.45, 7) is 7.65. The third-order valence-electron chi connectivity index (χ3n) is 5.75. The zero-order valence-corrected chi connectivity index (χ0v) is 17.3. The van der Waals surface area contributed by atoms with E-state index in [2.05, 4.69) is 15.3 Å². The predicted molar refractivity (Wildman–Crippen MR) is 103 cm³/mol. The molecular weight excluding hydrogens is 366 g/mol. The predicted octanol–water partition coefficient (Wildman–Crippen LogP) is 0.730. The Morgan fingerprint density at radius 3 is 2.44 bits per heavy atom. The van der Waals surface area contributed by atoms with Crippen molar-refractivity contribution in [2.45, 2.75) is 50.5 Å². The number of carbonyl (C=O) groups is 1. The summed E-state index contributed by atoms with van der Waals surface area (Å²) in [5, 5.41) is 7.15. The molecule has 2 fully saturated rings. The quantitative estimate of drug-likeness (QED) is 0.765. The van der Waals surface area contributed by atoms with Gasteiger partial charge in [0.2, 0.25) is 15.9 Å². The van der Waals surface area contributed by atoms with Gasteiger partial charge in [0.1, 0.15) is 4.90 Å². The number of sulfonamides is 1. The highest BCUT2D eigenvalue weighted by atomic mass is 32.2. The van der Waals surface area contributed by atoms with E-state index in [1.807, 2.05) is 6.92 Å². The number of nitrogens with one attached hydrogen (secondary N) is 1. The van der Waals surface area contributed by atoms with Gasteiger partial charge >= 0.3 is 0 Å². The maximum Gasteiger partial charge on any atom is 0.246 e. The van der Waals surface area contributed by atoms with E-state index in [-0.39, 0.29) is 22.8 Å². The summed E-state index contributed by atoms with van der Waals surface area (Å²) in [5.74, 6) is -0.0659. The van der Waals surface area contributed by atoms with E-state index >= 15 is 0 Å². The normalized spacial score (nSPS) is 21.4. The Kier molecular flexibility index (Phi) is 6.22. The fraction of sp³-hybridized carbons (Fsp3) is 0.778. The minimum Gasteiger partial charge on any atom is -0.352 e. The number of aromatic nitrogens is 2. The van der Waals surface area contributed by atoms with Crippen molar-refractivity contribution in [3.8, 4) is 0 Å². The van der Waals surface area contributed by atoms with E-state index in [1.165, 1.54) is 23.3 Å². The van der Waals surface area contributed by atoms with Crippen LogP contribution in [0.3, 0.4) is 0 Å². The van der Waals surface area contributed by atoms with Crippen molar-refractivity contribution < 1.29 is 13.2 Å². The highest BCUT2D eigenvalue weighted by molar-refractivity contribution is 7.89. The molecule has 3 heterocycles. The molecule has 3 rings (SSSR count). The molecule has 1 aromatic heterocycles. The number of piperidine rings is 1. The lowest BCUT2D eigenvalue weighted by Crippen LogP contribution is -2.47. The van der Waals surface area contributed by atoms with Crippen LogP contribution in [0.4, 0.5) is 0 Å². The van der Waals surface area contributed by atoms with E-state index in [9.17, 15) is 13.2 Å². The number of aryl methyl sites for hydroxylation is 1. The van der Waals surface area contributed by atoms with Gasteiger partial charge in [-0.25, -0.2) is 8.42 Å². The minimum absolute atomic E-state index is 0.0521. The van der Waals surface area contributed by atoms with E-state index < -0.39 is 10.0 Å². The average molecular weight is 398 g/mol. The van der Waals surface area contributed by atoms with Gasteiger partial charge in [-0.05, 0) is 52.6 Å². The molecule has 8 nitrogen and oxygen atoms in total. The molecule has 0 aromatic carbocycles. The molecule has 1 atom stereocenters. The Balaban J connectivity index is 1.52. The van der Waals surface area contributed by atoms with Gasteiger partial charge in [0.15, 0.2) is 0 Å². The molecule has 0 spiro atoms. The molecule has 0 bridgehead atoms. The molecule has 2 saturated heterocycles. The minimum atomic E-state index is -3.55. The van der Waals surface area contributed by atoms with Crippen LogP contribution < -0.4 is 5.32 Å². The van der Waals surface area contributed by atoms with Gasteiger partial charge in [0, 0.05) is 38.6 Å². The van der Waals surface area contributed by atoms with Crippen LogP contribution in [0.25, 0.3) is 0 Å². The second kappa shape index (κ2) is 8.28. The fourth-order valence-corrected chi connectivity index (χ4v) is 5.64. The van der Waals surface area contributed by atoms with Crippen LogP contribution in [0.2, 0.25) is 0 Å². The first-order chi connectivity index (χ1) is 12.8. The van der Waals surface area contributed by atoms with Gasteiger partial charge in [-0.15, -0.1) is 0 Å². The van der Waals surface area contributed by atoms with Crippen molar-refractivity contribution in [1.29, 1.82) is 0 Å². The van der Waals surface area contributed by atoms with Crippen molar-refractivity contribution in [1.82, 2.24) is 24.3 Å². The fourth-order valence-electron chi connectivity index (χ4n) is 3.99. The van der Waals surface area contributed by atoms with Crippen molar-refractivity contribution in [2.75, 3.05) is 32.7 Å². The number of rotatable bonds is 6. The summed E-state index contributed by atoms with van der Waals surface area (Å²) in [4.78, 5) is 15.2. The summed E-state index contributed by atoms with van der Waals surface area (Å²) in [6, 6.07) is 0.121. The molecule has 0 aliphatic carbocycles. The third kappa shape index (κ3) is 4.52. The molecule has 0 saturated carbocycles. The van der Waals surface area contributed by atoms with Crippen molar-refractivity contribution in [3.05, 3.63) is 11.9 Å². The molecule has 2 aliphatic heterocycles. The maximum atomic E-state index is 12.8. The lowest BCUT2D eigenvalue weighted by molar-refractivity contribution is -0.126. The van der Waals surface area contributed by atoms with Crippen LogP contribution in [0.15, 0.2) is 11.1 Å². The highest BCUT2D eigenvalue weighted by Crippen LogP contribution is 2.25. The van der Waals surface area contributed by atoms with Crippen LogP contribution >= 0.6 is 0 Å². The summed E-state index contributed by atoms with van der Waals surface area (Å²) in [6.07, 6.45) is 5.00. The van der Waals surface area contributed by atoms with E-state index in [0.717, 1.165) is 19.6 Å². The van der Waals surface area contributed by atoms with Crippen LogP contribution in [0.5, 0.6) is 0 Å². The second-order valence-corrected chi connectivity index (χ2v) is 9.72. The van der Waals surface area contributed by atoms with Crippen LogP contribution in [0, 0.1) is 12.8 Å². The number of amides is 1. The summed E-state index contributed by atoms with van der Waals surface area (Å²) < 4.78 is 28.7. The van der Waals surface area contributed by atoms with Gasteiger partial charge < -0.3 is 10.2 Å². The molecule has 1 N–H and O–H groups in total. The molecule has 2 aliphatic rings. The van der Waals surface area contributed by atoms with Crippen LogP contribution in [0.1, 0.15) is 38.3 Å². The molecule has 9 heteroatoms. The maximum absolute atomic E-state index is 12.8. The zero-order chi connectivity index (χ0) is 19.6. The van der Waals surface area contributed by atoms with Gasteiger partial charge in [-0.2, -0.15) is 9.40 Å².